The Balaban J connectivity index is 0. The fourth-order valence-corrected chi connectivity index (χ4v) is 2.67. The normalized spacial score (nSPS) is 16.5. The maximum absolute atomic E-state index is 12.0. The van der Waals surface area contributed by atoms with Crippen LogP contribution in [-0.2, 0) is 52.4 Å². The SMILES string of the molecule is CCOC(=O)/N=N/[C@@](C)(CC)[N+]#C[C@@H](OC(C)=O)[C@H](OC(C)=O)[C@H](OC(C)=O)[C@@H](COC(C)=O)OC(C)=O.[Cl][Sb-]([Cl])([Cl])([Cl])([Cl])[Cl]. The number of halogens is 6. The second-order valence-corrected chi connectivity index (χ2v) is 65.7. The van der Waals surface area contributed by atoms with E-state index in [9.17, 15) is 28.8 Å². The third kappa shape index (κ3) is 28.4. The zero-order valence-electron chi connectivity index (χ0n) is 25.4. The minimum atomic E-state index is -5.42. The Bertz CT molecular complexity index is 1180. The molecule has 0 aromatic heterocycles. The van der Waals surface area contributed by atoms with Gasteiger partial charge in [-0.05, 0) is 11.8 Å². The van der Waals surface area contributed by atoms with Crippen LogP contribution < -0.4 is 0 Å². The molecule has 0 radical (unpaired) electrons. The van der Waals surface area contributed by atoms with E-state index in [4.69, 9.17) is 81.4 Å². The van der Waals surface area contributed by atoms with Crippen molar-refractivity contribution >= 4 is 98.1 Å². The Kier molecular flexibility index (Phi) is 19.0. The van der Waals surface area contributed by atoms with Gasteiger partial charge in [0.05, 0.1) is 13.0 Å². The molecule has 0 fully saturated rings. The molecule has 0 bridgehead atoms. The van der Waals surface area contributed by atoms with Crippen molar-refractivity contribution in [2.75, 3.05) is 13.2 Å². The minimum absolute atomic E-state index is 0.0725. The molecule has 0 saturated carbocycles. The number of azo groups is 1. The molecule has 1 amide bonds. The molecule has 5 atom stereocenters. The van der Waals surface area contributed by atoms with Gasteiger partial charge in [-0.25, -0.2) is 4.79 Å². The summed E-state index contributed by atoms with van der Waals surface area (Å²) < 4.78 is 30.6. The van der Waals surface area contributed by atoms with Crippen LogP contribution in [0.2, 0.25) is 0 Å². The van der Waals surface area contributed by atoms with Crippen molar-refractivity contribution in [3.63, 3.8) is 0 Å². The topological polar surface area (TPSA) is 187 Å². The Morgan fingerprint density at radius 2 is 1.18 bits per heavy atom. The number of hydrogen-bond donors (Lipinski definition) is 0. The van der Waals surface area contributed by atoms with Gasteiger partial charge in [0.1, 0.15) is 6.61 Å². The predicted molar refractivity (Wildman–Crippen MR) is 168 cm³/mol. The first kappa shape index (κ1) is 45.6. The van der Waals surface area contributed by atoms with Crippen LogP contribution in [0.15, 0.2) is 10.2 Å². The quantitative estimate of drug-likeness (QED) is 0.0951. The third-order valence-corrected chi connectivity index (χ3v) is 4.37. The molecule has 0 saturated heterocycles. The summed E-state index contributed by atoms with van der Waals surface area (Å²) in [6.45, 7) is 9.42. The fourth-order valence-electron chi connectivity index (χ4n) is 2.67. The molecule has 45 heavy (non-hydrogen) atoms. The van der Waals surface area contributed by atoms with Crippen molar-refractivity contribution < 1.29 is 57.2 Å². The van der Waals surface area contributed by atoms with E-state index in [2.05, 4.69) is 21.1 Å². The van der Waals surface area contributed by atoms with Crippen LogP contribution in [0.5, 0.6) is 0 Å². The first-order valence-electron chi connectivity index (χ1n) is 12.5. The van der Waals surface area contributed by atoms with Crippen molar-refractivity contribution in [2.45, 2.75) is 91.9 Å². The van der Waals surface area contributed by atoms with E-state index in [1.165, 1.54) is 6.92 Å². The van der Waals surface area contributed by atoms with Crippen LogP contribution in [0.4, 0.5) is 4.79 Å². The Hall–Kier alpha value is -1.53. The van der Waals surface area contributed by atoms with Crippen molar-refractivity contribution in [3.05, 3.63) is 4.85 Å². The molecule has 0 aliphatic rings. The molecule has 0 aromatic rings. The van der Waals surface area contributed by atoms with Crippen LogP contribution in [0, 0.1) is 6.07 Å². The van der Waals surface area contributed by atoms with Crippen molar-refractivity contribution in [2.24, 2.45) is 10.2 Å². The number of nitrogens with zero attached hydrogens (tertiary/aromatic N) is 3. The maximum atomic E-state index is 12.0. The van der Waals surface area contributed by atoms with Gasteiger partial charge in [-0.1, -0.05) is 17.2 Å². The van der Waals surface area contributed by atoms with Crippen molar-refractivity contribution in [3.8, 4) is 6.07 Å². The standard InChI is InChI=1S/C23H34N3O12.6ClH.Sb/c1-9-23(8,26-25-22(32)33-10-2)24-11-18(35-14(4)28)20(37-16(6)30)21(38-17(7)31)19(36-15(5)29)12-34-13(3)27;;;;;;;/h18-21H,9-10,12H2,1-8H3;6*1H;/q+1;;;;;;;+5/p-6/b26-25+;;;;;;;/t18-,19-,20+,21-,23+;;;;;;;/m1......./s1. The number of carbonyl (C=O) groups excluding carboxylic acids is 6. The average molecular weight is 879 g/mol. The average Bonchev–Trinajstić information content (AvgIpc) is 2.83. The summed E-state index contributed by atoms with van der Waals surface area (Å²) in [7, 11) is 25.0. The third-order valence-electron chi connectivity index (χ3n) is 4.37. The number of rotatable bonds is 12. The van der Waals surface area contributed by atoms with E-state index in [0.717, 1.165) is 34.6 Å². The van der Waals surface area contributed by atoms with E-state index in [0.29, 0.717) is 0 Å². The number of amides is 1. The van der Waals surface area contributed by atoms with Crippen molar-refractivity contribution in [1.29, 1.82) is 0 Å². The second-order valence-electron chi connectivity index (χ2n) is 8.80. The van der Waals surface area contributed by atoms with E-state index in [1.807, 2.05) is 0 Å². The summed E-state index contributed by atoms with van der Waals surface area (Å²) in [4.78, 5) is 74.7. The molecule has 0 aromatic carbocycles. The molecular formula is C23H34Cl6N3O12Sb. The summed E-state index contributed by atoms with van der Waals surface area (Å²) in [5.74, 6) is -4.26. The van der Waals surface area contributed by atoms with Gasteiger partial charge in [0.15, 0.2) is 18.3 Å². The van der Waals surface area contributed by atoms with Gasteiger partial charge in [0, 0.05) is 41.5 Å². The van der Waals surface area contributed by atoms with E-state index >= 15 is 0 Å². The zero-order valence-corrected chi connectivity index (χ0v) is 32.5. The summed E-state index contributed by atoms with van der Waals surface area (Å²) in [5, 5.41) is 7.27. The van der Waals surface area contributed by atoms with E-state index in [-0.39, 0.29) is 13.0 Å². The van der Waals surface area contributed by atoms with Crippen molar-refractivity contribution in [1.82, 2.24) is 0 Å². The molecule has 22 heteroatoms. The number of carbonyl (C=O) groups is 6. The van der Waals surface area contributed by atoms with Gasteiger partial charge in [-0.3, -0.25) is 24.0 Å². The zero-order chi connectivity index (χ0) is 35.9. The van der Waals surface area contributed by atoms with Gasteiger partial charge >= 0.3 is 110 Å². The van der Waals surface area contributed by atoms with E-state index < -0.39 is 81.8 Å². The van der Waals surface area contributed by atoms with Gasteiger partial charge in [0.25, 0.3) is 6.10 Å². The first-order valence-corrected chi connectivity index (χ1v) is 31.9. The number of hydrogen-bond acceptors (Lipinski definition) is 13. The Labute approximate surface area is 279 Å². The van der Waals surface area contributed by atoms with Crippen LogP contribution in [0.3, 0.4) is 0 Å². The van der Waals surface area contributed by atoms with Crippen LogP contribution in [0.25, 0.3) is 4.85 Å². The summed E-state index contributed by atoms with van der Waals surface area (Å²) in [6, 6.07) is 2.49. The molecule has 260 valence electrons. The molecule has 0 heterocycles. The fraction of sp³-hybridized carbons (Fsp3) is 0.696. The first-order chi connectivity index (χ1) is 20.1. The molecule has 0 rings (SSSR count). The molecule has 0 spiro atoms. The Morgan fingerprint density at radius 3 is 1.56 bits per heavy atom. The number of esters is 5. The molecule has 0 aliphatic heterocycles. The second kappa shape index (κ2) is 18.7. The van der Waals surface area contributed by atoms with Crippen LogP contribution >= 0.6 is 53.0 Å². The van der Waals surface area contributed by atoms with Crippen LogP contribution in [-0.4, -0.2) is 88.4 Å². The monoisotopic (exact) mass is 875 g/mol. The Morgan fingerprint density at radius 1 is 0.733 bits per heavy atom. The molecule has 0 unspecified atom stereocenters. The van der Waals surface area contributed by atoms with Gasteiger partial charge in [0.2, 0.25) is 0 Å². The summed E-state index contributed by atoms with van der Waals surface area (Å²) >= 11 is 0. The molecular weight excluding hydrogens is 845 g/mol. The molecule has 0 aliphatic carbocycles. The predicted octanol–water partition coefficient (Wildman–Crippen LogP) is 6.10. The summed E-state index contributed by atoms with van der Waals surface area (Å²) in [5.41, 5.74) is -1.41. The van der Waals surface area contributed by atoms with Crippen LogP contribution in [0.1, 0.15) is 61.8 Å². The number of ether oxygens (including phenoxy) is 6. The van der Waals surface area contributed by atoms with Gasteiger partial charge < -0.3 is 28.4 Å². The molecule has 15 nitrogen and oxygen atoms in total. The molecule has 0 N–H and O–H groups in total. The van der Waals surface area contributed by atoms with Gasteiger partial charge in [-0.2, -0.15) is 0 Å². The van der Waals surface area contributed by atoms with Gasteiger partial charge in [-0.15, -0.1) is 0 Å². The summed E-state index contributed by atoms with van der Waals surface area (Å²) in [6.07, 6.45) is -7.26. The van der Waals surface area contributed by atoms with E-state index in [1.54, 1.807) is 13.8 Å².